The Bertz CT molecular complexity index is 833. The first-order valence-corrected chi connectivity index (χ1v) is 9.61. The zero-order valence-electron chi connectivity index (χ0n) is 15.8. The van der Waals surface area contributed by atoms with Gasteiger partial charge in [-0.15, -0.1) is 0 Å². The van der Waals surface area contributed by atoms with Gasteiger partial charge in [0.05, 0.1) is 0 Å². The second kappa shape index (κ2) is 7.64. The number of nitrogens with zero attached hydrogens (tertiary/aromatic N) is 1. The monoisotopic (exact) mass is 381 g/mol. The van der Waals surface area contributed by atoms with E-state index in [0.717, 1.165) is 12.8 Å². The van der Waals surface area contributed by atoms with Crippen LogP contribution in [0.5, 0.6) is 5.75 Å². The van der Waals surface area contributed by atoms with E-state index in [1.807, 2.05) is 54.3 Å². The Morgan fingerprint density at radius 1 is 0.964 bits per heavy atom. The van der Waals surface area contributed by atoms with E-state index in [2.05, 4.69) is 12.1 Å². The van der Waals surface area contributed by atoms with Crippen molar-refractivity contribution in [2.45, 2.75) is 38.2 Å². The van der Waals surface area contributed by atoms with E-state index >= 15 is 0 Å². The van der Waals surface area contributed by atoms with Gasteiger partial charge in [0.25, 0.3) is 0 Å². The smallest absolute Gasteiger partial charge is 0.422 e. The van der Waals surface area contributed by atoms with Gasteiger partial charge in [-0.2, -0.15) is 0 Å². The molecule has 0 amide bonds. The van der Waals surface area contributed by atoms with Crippen molar-refractivity contribution >= 4 is 11.9 Å². The number of hydrogen-bond acceptors (Lipinski definition) is 6. The maximum atomic E-state index is 11.6. The summed E-state index contributed by atoms with van der Waals surface area (Å²) in [4.78, 5) is 25.1. The number of benzene rings is 2. The van der Waals surface area contributed by atoms with Gasteiger partial charge in [-0.3, -0.25) is 0 Å². The fourth-order valence-corrected chi connectivity index (χ4v) is 3.79. The van der Waals surface area contributed by atoms with Crippen molar-refractivity contribution in [3.05, 3.63) is 65.7 Å². The van der Waals surface area contributed by atoms with Crippen molar-refractivity contribution in [2.24, 2.45) is 0 Å². The number of hydrogen-bond donors (Lipinski definition) is 0. The van der Waals surface area contributed by atoms with Crippen LogP contribution in [0, 0.1) is 0 Å². The molecule has 0 N–H and O–H groups in total. The largest absolute Gasteiger partial charge is 0.480 e. The van der Waals surface area contributed by atoms with E-state index in [4.69, 9.17) is 14.2 Å². The average molecular weight is 381 g/mol. The van der Waals surface area contributed by atoms with Crippen LogP contribution in [-0.4, -0.2) is 41.9 Å². The van der Waals surface area contributed by atoms with Gasteiger partial charge in [0.2, 0.25) is 0 Å². The number of likely N-dealkylation sites (N-methyl/N-ethyl adjacent to an activating group) is 1. The van der Waals surface area contributed by atoms with Gasteiger partial charge in [-0.25, -0.2) is 14.5 Å². The lowest BCUT2D eigenvalue weighted by atomic mass is 10.0. The molecule has 2 aliphatic rings. The van der Waals surface area contributed by atoms with E-state index in [1.54, 1.807) is 0 Å². The summed E-state index contributed by atoms with van der Waals surface area (Å²) < 4.78 is 16.7. The molecule has 2 aliphatic heterocycles. The fourth-order valence-electron chi connectivity index (χ4n) is 3.79. The minimum absolute atomic E-state index is 0.557. The molecule has 1 unspecified atom stereocenters. The molecule has 1 atom stereocenters. The summed E-state index contributed by atoms with van der Waals surface area (Å²) in [6, 6.07) is 18.2. The zero-order chi connectivity index (χ0) is 19.6. The molecule has 0 radical (unpaired) electrons. The zero-order valence-corrected chi connectivity index (χ0v) is 15.8. The van der Waals surface area contributed by atoms with Crippen LogP contribution in [0.2, 0.25) is 0 Å². The summed E-state index contributed by atoms with van der Waals surface area (Å²) in [7, 11) is 0. The van der Waals surface area contributed by atoms with Gasteiger partial charge >= 0.3 is 17.8 Å². The summed E-state index contributed by atoms with van der Waals surface area (Å²) in [6.45, 7) is 3.13. The van der Waals surface area contributed by atoms with Crippen LogP contribution in [0.4, 0.5) is 0 Å². The van der Waals surface area contributed by atoms with Crippen molar-refractivity contribution in [3.63, 3.8) is 0 Å². The lowest BCUT2D eigenvalue weighted by Crippen LogP contribution is -2.53. The third-order valence-corrected chi connectivity index (χ3v) is 5.28. The van der Waals surface area contributed by atoms with Gasteiger partial charge in [0, 0.05) is 19.5 Å². The average Bonchev–Trinajstić information content (AvgIpc) is 3.20. The molecule has 6 nitrogen and oxygen atoms in total. The first-order valence-electron chi connectivity index (χ1n) is 9.61. The highest BCUT2D eigenvalue weighted by Gasteiger charge is 2.62. The third kappa shape index (κ3) is 3.47. The summed E-state index contributed by atoms with van der Waals surface area (Å²) in [5, 5.41) is 0. The predicted molar refractivity (Wildman–Crippen MR) is 101 cm³/mol. The van der Waals surface area contributed by atoms with Gasteiger partial charge in [0.1, 0.15) is 5.75 Å². The minimum atomic E-state index is -1.45. The number of likely N-dealkylation sites (tertiary alicyclic amines) is 1. The lowest BCUT2D eigenvalue weighted by molar-refractivity contribution is -0.262. The number of aryl methyl sites for hydroxylation is 2. The van der Waals surface area contributed by atoms with Gasteiger partial charge in [-0.1, -0.05) is 49.4 Å². The molecule has 2 fully saturated rings. The second-order valence-electron chi connectivity index (χ2n) is 7.01. The maximum Gasteiger partial charge on any atom is 0.422 e. The first kappa shape index (κ1) is 18.5. The molecule has 28 heavy (non-hydrogen) atoms. The predicted octanol–water partition coefficient (Wildman–Crippen LogP) is 2.70. The fraction of sp³-hybridized carbons (Fsp3) is 0.364. The highest BCUT2D eigenvalue weighted by molar-refractivity contribution is 6.31. The molecule has 2 aromatic rings. The lowest BCUT2D eigenvalue weighted by Gasteiger charge is -2.33. The first-order chi connectivity index (χ1) is 13.6. The van der Waals surface area contributed by atoms with Crippen molar-refractivity contribution < 1.29 is 23.8 Å². The van der Waals surface area contributed by atoms with E-state index in [9.17, 15) is 9.59 Å². The van der Waals surface area contributed by atoms with Crippen molar-refractivity contribution in [2.75, 3.05) is 13.1 Å². The second-order valence-corrected chi connectivity index (χ2v) is 7.01. The molecule has 2 saturated heterocycles. The Hall–Kier alpha value is -2.86. The molecule has 4 rings (SSSR count). The minimum Gasteiger partial charge on any atom is -0.480 e. The molecule has 0 aliphatic carbocycles. The van der Waals surface area contributed by atoms with Crippen molar-refractivity contribution in [1.82, 2.24) is 4.90 Å². The van der Waals surface area contributed by atoms with Crippen LogP contribution in [0.25, 0.3) is 0 Å². The molecule has 2 heterocycles. The molecule has 2 aromatic carbocycles. The summed E-state index contributed by atoms with van der Waals surface area (Å²) in [6.07, 6.45) is 1.96. The Kier molecular flexibility index (Phi) is 5.05. The van der Waals surface area contributed by atoms with E-state index in [0.29, 0.717) is 25.3 Å². The number of carbonyl (C=O) groups excluding carboxylic acids is 2. The van der Waals surface area contributed by atoms with Crippen LogP contribution >= 0.6 is 0 Å². The molecule has 0 aromatic heterocycles. The molecule has 0 bridgehead atoms. The SMILES string of the molecule is CCN1CCC(Oc2ccc(CCc3ccccc3)cc2)C12OC(=O)C(=O)O2. The van der Waals surface area contributed by atoms with Crippen molar-refractivity contribution in [1.29, 1.82) is 0 Å². The number of ether oxygens (including phenoxy) is 3. The van der Waals surface area contributed by atoms with Crippen LogP contribution < -0.4 is 4.74 Å². The topological polar surface area (TPSA) is 65.1 Å². The summed E-state index contributed by atoms with van der Waals surface area (Å²) in [5.41, 5.74) is 2.52. The Labute approximate surface area is 164 Å². The van der Waals surface area contributed by atoms with E-state index in [-0.39, 0.29) is 0 Å². The molecule has 146 valence electrons. The van der Waals surface area contributed by atoms with Crippen LogP contribution in [0.1, 0.15) is 24.5 Å². The van der Waals surface area contributed by atoms with Crippen LogP contribution in [0.3, 0.4) is 0 Å². The maximum absolute atomic E-state index is 11.6. The standard InChI is InChI=1S/C22H23NO5/c1-2-23-15-14-19(22(23)27-20(24)21(25)28-22)26-18-12-10-17(11-13-18)9-8-16-6-4-3-5-7-16/h3-7,10-13,19H,2,8-9,14-15H2,1H3. The van der Waals surface area contributed by atoms with Crippen LogP contribution in [0.15, 0.2) is 54.6 Å². The van der Waals surface area contributed by atoms with Crippen molar-refractivity contribution in [3.8, 4) is 5.75 Å². The van der Waals surface area contributed by atoms with E-state index in [1.165, 1.54) is 11.1 Å². The highest BCUT2D eigenvalue weighted by Crippen LogP contribution is 2.38. The van der Waals surface area contributed by atoms with Gasteiger partial charge in [0.15, 0.2) is 6.10 Å². The Morgan fingerprint density at radius 2 is 1.57 bits per heavy atom. The highest BCUT2D eigenvalue weighted by atomic mass is 16.8. The Balaban J connectivity index is 1.42. The Morgan fingerprint density at radius 3 is 2.18 bits per heavy atom. The molecule has 1 spiro atoms. The normalized spacial score (nSPS) is 21.0. The summed E-state index contributed by atoms with van der Waals surface area (Å²) in [5.74, 6) is -2.73. The number of carbonyl (C=O) groups is 2. The molecule has 6 heteroatoms. The summed E-state index contributed by atoms with van der Waals surface area (Å²) >= 11 is 0. The third-order valence-electron chi connectivity index (χ3n) is 5.28. The molecule has 0 saturated carbocycles. The quantitative estimate of drug-likeness (QED) is 0.566. The van der Waals surface area contributed by atoms with Gasteiger partial charge in [-0.05, 0) is 36.1 Å². The van der Waals surface area contributed by atoms with Gasteiger partial charge < -0.3 is 14.2 Å². The van der Waals surface area contributed by atoms with Crippen LogP contribution in [-0.2, 0) is 31.9 Å². The molecular weight excluding hydrogens is 358 g/mol. The number of esters is 2. The molecular formula is C22H23NO5. The number of rotatable bonds is 6. The van der Waals surface area contributed by atoms with E-state index < -0.39 is 24.0 Å².